The van der Waals surface area contributed by atoms with Gasteiger partial charge in [0.25, 0.3) is 0 Å². The zero-order chi connectivity index (χ0) is 15.9. The molecule has 1 heterocycles. The van der Waals surface area contributed by atoms with Crippen LogP contribution in [0.25, 0.3) is 0 Å². The van der Waals surface area contributed by atoms with Crippen molar-refractivity contribution in [1.29, 1.82) is 0 Å². The van der Waals surface area contributed by atoms with Crippen LogP contribution in [-0.2, 0) is 6.42 Å². The van der Waals surface area contributed by atoms with Crippen LogP contribution in [0.1, 0.15) is 31.2 Å². The van der Waals surface area contributed by atoms with Crippen molar-refractivity contribution in [2.24, 2.45) is 0 Å². The molecule has 0 radical (unpaired) electrons. The number of anilines is 1. The van der Waals surface area contributed by atoms with Gasteiger partial charge in [-0.05, 0) is 44.5 Å². The van der Waals surface area contributed by atoms with Crippen molar-refractivity contribution in [3.63, 3.8) is 0 Å². The quantitative estimate of drug-likeness (QED) is 0.587. The number of para-hydroxylation sites is 1. The Bertz CT molecular complexity index is 516. The molecular weight excluding hydrogens is 276 g/mol. The van der Waals surface area contributed by atoms with E-state index in [0.717, 1.165) is 56.4 Å². The van der Waals surface area contributed by atoms with Crippen LogP contribution < -0.4 is 4.90 Å². The summed E-state index contributed by atoms with van der Waals surface area (Å²) in [5, 5.41) is 9.47. The Balaban J connectivity index is 1.79. The number of nitrogens with zero attached hydrogens (tertiary/aromatic N) is 2. The van der Waals surface area contributed by atoms with Gasteiger partial charge in [0, 0.05) is 12.6 Å². The number of carbonyl (C=O) groups is 1. The van der Waals surface area contributed by atoms with Crippen LogP contribution in [0, 0.1) is 0 Å². The first-order valence-corrected chi connectivity index (χ1v) is 8.03. The van der Waals surface area contributed by atoms with Gasteiger partial charge >= 0.3 is 6.09 Å². The molecule has 0 saturated carbocycles. The Morgan fingerprint density at radius 2 is 2.18 bits per heavy atom. The van der Waals surface area contributed by atoms with E-state index < -0.39 is 6.09 Å². The first kappa shape index (κ1) is 16.6. The van der Waals surface area contributed by atoms with E-state index in [1.54, 1.807) is 4.90 Å². The summed E-state index contributed by atoms with van der Waals surface area (Å²) < 4.78 is 0. The highest BCUT2D eigenvalue weighted by molar-refractivity contribution is 5.89. The van der Waals surface area contributed by atoms with Crippen LogP contribution in [0.2, 0.25) is 0 Å². The number of hydrogen-bond donors (Lipinski definition) is 1. The van der Waals surface area contributed by atoms with E-state index in [1.165, 1.54) is 0 Å². The first-order valence-electron chi connectivity index (χ1n) is 8.03. The van der Waals surface area contributed by atoms with Crippen LogP contribution in [0.15, 0.2) is 36.9 Å². The number of unbranched alkanes of at least 4 members (excludes halogenated alkanes) is 2. The lowest BCUT2D eigenvalue weighted by molar-refractivity contribution is 0.199. The smallest absolute Gasteiger partial charge is 0.412 e. The van der Waals surface area contributed by atoms with Crippen molar-refractivity contribution >= 4 is 11.8 Å². The SMILES string of the molecule is C=CCN(C)CCCCCC1Cc2ccccc2N1C(=O)O. The number of carboxylic acid groups (broad SMARTS) is 1. The lowest BCUT2D eigenvalue weighted by Crippen LogP contribution is -2.36. The average Bonchev–Trinajstić information content (AvgIpc) is 2.85. The van der Waals surface area contributed by atoms with Gasteiger partial charge in [0.05, 0.1) is 5.69 Å². The number of fused-ring (bicyclic) bond motifs is 1. The molecule has 2 rings (SSSR count). The number of rotatable bonds is 8. The summed E-state index contributed by atoms with van der Waals surface area (Å²) in [5.41, 5.74) is 2.02. The van der Waals surface area contributed by atoms with Crippen molar-refractivity contribution in [2.75, 3.05) is 25.0 Å². The first-order chi connectivity index (χ1) is 10.6. The molecule has 1 amide bonds. The highest BCUT2D eigenvalue weighted by atomic mass is 16.4. The monoisotopic (exact) mass is 302 g/mol. The Hall–Kier alpha value is -1.81. The molecule has 0 aromatic heterocycles. The second-order valence-corrected chi connectivity index (χ2v) is 6.04. The van der Waals surface area contributed by atoms with Gasteiger partial charge in [-0.15, -0.1) is 6.58 Å². The highest BCUT2D eigenvalue weighted by Gasteiger charge is 2.32. The molecule has 0 aliphatic carbocycles. The summed E-state index contributed by atoms with van der Waals surface area (Å²) in [6, 6.07) is 7.94. The Morgan fingerprint density at radius 1 is 1.41 bits per heavy atom. The van der Waals surface area contributed by atoms with Crippen LogP contribution in [0.3, 0.4) is 0 Å². The van der Waals surface area contributed by atoms with Crippen molar-refractivity contribution in [2.45, 2.75) is 38.1 Å². The summed E-state index contributed by atoms with van der Waals surface area (Å²) in [6.45, 7) is 5.73. The minimum absolute atomic E-state index is 0.0980. The van der Waals surface area contributed by atoms with Crippen molar-refractivity contribution in [3.8, 4) is 0 Å². The van der Waals surface area contributed by atoms with E-state index in [0.29, 0.717) is 0 Å². The van der Waals surface area contributed by atoms with E-state index in [1.807, 2.05) is 30.3 Å². The zero-order valence-corrected chi connectivity index (χ0v) is 13.4. The fourth-order valence-corrected chi connectivity index (χ4v) is 3.20. The fraction of sp³-hybridized carbons (Fsp3) is 0.500. The van der Waals surface area contributed by atoms with Gasteiger partial charge in [-0.1, -0.05) is 37.1 Å². The molecule has 4 nitrogen and oxygen atoms in total. The van der Waals surface area contributed by atoms with Gasteiger partial charge in [0.2, 0.25) is 0 Å². The molecular formula is C18H26N2O2. The van der Waals surface area contributed by atoms with E-state index in [2.05, 4.69) is 18.5 Å². The number of hydrogen-bond acceptors (Lipinski definition) is 2. The lowest BCUT2D eigenvalue weighted by Gasteiger charge is -2.22. The van der Waals surface area contributed by atoms with Gasteiger partial charge in [-0.3, -0.25) is 4.90 Å². The van der Waals surface area contributed by atoms with Crippen molar-refractivity contribution in [1.82, 2.24) is 4.90 Å². The maximum Gasteiger partial charge on any atom is 0.412 e. The zero-order valence-electron chi connectivity index (χ0n) is 13.4. The fourth-order valence-electron chi connectivity index (χ4n) is 3.20. The molecule has 0 spiro atoms. The molecule has 4 heteroatoms. The van der Waals surface area contributed by atoms with Crippen LogP contribution in [0.5, 0.6) is 0 Å². The lowest BCUT2D eigenvalue weighted by atomic mass is 10.0. The largest absolute Gasteiger partial charge is 0.465 e. The Labute approximate surface area is 133 Å². The third-order valence-electron chi connectivity index (χ3n) is 4.30. The summed E-state index contributed by atoms with van der Waals surface area (Å²) in [5.74, 6) is 0. The molecule has 1 unspecified atom stereocenters. The predicted octanol–water partition coefficient (Wildman–Crippen LogP) is 3.77. The van der Waals surface area contributed by atoms with E-state index in [4.69, 9.17) is 0 Å². The summed E-state index contributed by atoms with van der Waals surface area (Å²) in [6.07, 6.45) is 6.23. The van der Waals surface area contributed by atoms with E-state index in [9.17, 15) is 9.90 Å². The van der Waals surface area contributed by atoms with E-state index in [-0.39, 0.29) is 6.04 Å². The maximum atomic E-state index is 11.5. The number of amides is 1. The summed E-state index contributed by atoms with van der Waals surface area (Å²) in [4.78, 5) is 15.3. The van der Waals surface area contributed by atoms with Gasteiger partial charge in [-0.25, -0.2) is 4.79 Å². The molecule has 0 fully saturated rings. The minimum atomic E-state index is -0.833. The molecule has 120 valence electrons. The van der Waals surface area contributed by atoms with Gasteiger partial charge in [0.15, 0.2) is 0 Å². The molecule has 0 bridgehead atoms. The summed E-state index contributed by atoms with van der Waals surface area (Å²) in [7, 11) is 2.10. The van der Waals surface area contributed by atoms with Crippen LogP contribution in [-0.4, -0.2) is 42.3 Å². The van der Waals surface area contributed by atoms with Gasteiger partial charge in [0.1, 0.15) is 0 Å². The number of likely N-dealkylation sites (N-methyl/N-ethyl adjacent to an activating group) is 1. The van der Waals surface area contributed by atoms with Crippen LogP contribution >= 0.6 is 0 Å². The molecule has 22 heavy (non-hydrogen) atoms. The second-order valence-electron chi connectivity index (χ2n) is 6.04. The standard InChI is InChI=1S/C18H26N2O2/c1-3-12-19(2)13-8-4-5-10-16-14-15-9-6-7-11-17(15)20(16)18(21)22/h3,6-7,9,11,16H,1,4-5,8,10,12-14H2,2H3,(H,21,22). The van der Waals surface area contributed by atoms with Gasteiger partial charge < -0.3 is 10.0 Å². The van der Waals surface area contributed by atoms with E-state index >= 15 is 0 Å². The topological polar surface area (TPSA) is 43.8 Å². The third kappa shape index (κ3) is 4.10. The second kappa shape index (κ2) is 7.99. The predicted molar refractivity (Wildman–Crippen MR) is 90.6 cm³/mol. The highest BCUT2D eigenvalue weighted by Crippen LogP contribution is 2.34. The molecule has 1 N–H and O–H groups in total. The van der Waals surface area contributed by atoms with Crippen LogP contribution in [0.4, 0.5) is 10.5 Å². The molecule has 1 aliphatic rings. The summed E-state index contributed by atoms with van der Waals surface area (Å²) >= 11 is 0. The minimum Gasteiger partial charge on any atom is -0.465 e. The molecule has 0 saturated heterocycles. The van der Waals surface area contributed by atoms with Gasteiger partial charge in [-0.2, -0.15) is 0 Å². The Kier molecular flexibility index (Phi) is 6.01. The maximum absolute atomic E-state index is 11.5. The molecule has 1 atom stereocenters. The molecule has 1 aromatic rings. The van der Waals surface area contributed by atoms with Crippen molar-refractivity contribution < 1.29 is 9.90 Å². The molecule has 1 aromatic carbocycles. The number of benzene rings is 1. The third-order valence-corrected chi connectivity index (χ3v) is 4.30. The normalized spacial score (nSPS) is 16.8. The average molecular weight is 302 g/mol. The Morgan fingerprint density at radius 3 is 2.91 bits per heavy atom. The van der Waals surface area contributed by atoms with Crippen molar-refractivity contribution in [3.05, 3.63) is 42.5 Å². The molecule has 1 aliphatic heterocycles.